The zero-order valence-corrected chi connectivity index (χ0v) is 16.0. The number of ether oxygens (including phenoxy) is 3. The van der Waals surface area contributed by atoms with Crippen molar-refractivity contribution in [1.82, 2.24) is 9.21 Å². The fourth-order valence-electron chi connectivity index (χ4n) is 4.03. The minimum Gasteiger partial charge on any atom is -0.486 e. The molecule has 0 unspecified atom stereocenters. The summed E-state index contributed by atoms with van der Waals surface area (Å²) in [7, 11) is -3.11. The van der Waals surface area contributed by atoms with Crippen molar-refractivity contribution in [3.05, 3.63) is 23.8 Å². The third kappa shape index (κ3) is 3.83. The predicted molar refractivity (Wildman–Crippen MR) is 97.0 cm³/mol. The van der Waals surface area contributed by atoms with Gasteiger partial charge in [0, 0.05) is 32.7 Å². The van der Waals surface area contributed by atoms with E-state index >= 15 is 0 Å². The average Bonchev–Trinajstić information content (AvgIpc) is 2.61. The van der Waals surface area contributed by atoms with Gasteiger partial charge in [-0.3, -0.25) is 4.90 Å². The quantitative estimate of drug-likeness (QED) is 0.779. The second-order valence-corrected chi connectivity index (χ2v) is 9.36. The van der Waals surface area contributed by atoms with E-state index in [1.54, 1.807) is 4.31 Å². The highest BCUT2D eigenvalue weighted by Crippen LogP contribution is 2.34. The van der Waals surface area contributed by atoms with E-state index in [2.05, 4.69) is 17.0 Å². The van der Waals surface area contributed by atoms with E-state index in [-0.39, 0.29) is 5.60 Å². The van der Waals surface area contributed by atoms with E-state index < -0.39 is 10.0 Å². The molecule has 26 heavy (non-hydrogen) atoms. The van der Waals surface area contributed by atoms with E-state index in [1.165, 1.54) is 11.8 Å². The van der Waals surface area contributed by atoms with Crippen molar-refractivity contribution in [2.45, 2.75) is 25.0 Å². The summed E-state index contributed by atoms with van der Waals surface area (Å²) >= 11 is 0. The number of hydrogen-bond acceptors (Lipinski definition) is 6. The van der Waals surface area contributed by atoms with Crippen LogP contribution in [0.1, 0.15) is 18.4 Å². The van der Waals surface area contributed by atoms with Crippen molar-refractivity contribution >= 4 is 10.0 Å². The lowest BCUT2D eigenvalue weighted by molar-refractivity contribution is -0.131. The van der Waals surface area contributed by atoms with Gasteiger partial charge in [0.15, 0.2) is 11.5 Å². The van der Waals surface area contributed by atoms with Crippen LogP contribution in [0.15, 0.2) is 18.2 Å². The molecule has 144 valence electrons. The van der Waals surface area contributed by atoms with Crippen molar-refractivity contribution < 1.29 is 22.6 Å². The van der Waals surface area contributed by atoms with Crippen LogP contribution in [-0.2, 0) is 21.3 Å². The molecule has 4 rings (SSSR count). The molecule has 8 heteroatoms. The van der Waals surface area contributed by atoms with Gasteiger partial charge in [0.2, 0.25) is 10.0 Å². The molecule has 3 heterocycles. The molecule has 2 saturated heterocycles. The fraction of sp³-hybridized carbons (Fsp3) is 0.667. The van der Waals surface area contributed by atoms with Crippen LogP contribution in [0.25, 0.3) is 0 Å². The van der Waals surface area contributed by atoms with Crippen LogP contribution < -0.4 is 9.47 Å². The molecule has 0 atom stereocenters. The zero-order chi connectivity index (χ0) is 18.2. The van der Waals surface area contributed by atoms with Gasteiger partial charge < -0.3 is 14.2 Å². The molecule has 3 aliphatic rings. The lowest BCUT2D eigenvalue weighted by Gasteiger charge is -2.46. The number of sulfonamides is 1. The molecule has 1 aromatic rings. The first-order valence-electron chi connectivity index (χ1n) is 9.14. The first-order valence-corrected chi connectivity index (χ1v) is 11.0. The molecule has 0 aliphatic carbocycles. The number of benzene rings is 1. The van der Waals surface area contributed by atoms with E-state index in [0.717, 1.165) is 44.0 Å². The average molecular weight is 382 g/mol. The molecule has 0 bridgehead atoms. The van der Waals surface area contributed by atoms with Gasteiger partial charge in [-0.1, -0.05) is 6.07 Å². The summed E-state index contributed by atoms with van der Waals surface area (Å²) < 4.78 is 42.4. The molecule has 1 aromatic carbocycles. The van der Waals surface area contributed by atoms with Gasteiger partial charge in [-0.15, -0.1) is 0 Å². The predicted octanol–water partition coefficient (Wildman–Crippen LogP) is 1.08. The van der Waals surface area contributed by atoms with Gasteiger partial charge in [0.25, 0.3) is 0 Å². The monoisotopic (exact) mass is 382 g/mol. The Labute approximate surface area is 154 Å². The fourth-order valence-corrected chi connectivity index (χ4v) is 4.88. The minimum atomic E-state index is -3.11. The topological polar surface area (TPSA) is 68.3 Å². The van der Waals surface area contributed by atoms with Crippen LogP contribution in [0.4, 0.5) is 0 Å². The number of hydrogen-bond donors (Lipinski definition) is 0. The van der Waals surface area contributed by atoms with Crippen LogP contribution in [-0.4, -0.2) is 75.5 Å². The van der Waals surface area contributed by atoms with Gasteiger partial charge in [-0.05, 0) is 30.5 Å². The van der Waals surface area contributed by atoms with Crippen molar-refractivity contribution in [1.29, 1.82) is 0 Å². The van der Waals surface area contributed by atoms with Crippen LogP contribution in [0.3, 0.4) is 0 Å². The van der Waals surface area contributed by atoms with Crippen molar-refractivity contribution in [3.8, 4) is 11.5 Å². The Hall–Kier alpha value is -1.35. The van der Waals surface area contributed by atoms with E-state index in [4.69, 9.17) is 14.2 Å². The summed E-state index contributed by atoms with van der Waals surface area (Å²) in [6, 6.07) is 6.12. The summed E-state index contributed by atoms with van der Waals surface area (Å²) in [5.74, 6) is 1.63. The molecule has 0 amide bonds. The number of rotatable bonds is 3. The molecular weight excluding hydrogens is 356 g/mol. The Morgan fingerprint density at radius 3 is 2.50 bits per heavy atom. The molecule has 0 aromatic heterocycles. The van der Waals surface area contributed by atoms with Gasteiger partial charge in [0.05, 0.1) is 18.5 Å². The third-order valence-corrected chi connectivity index (χ3v) is 6.75. The van der Waals surface area contributed by atoms with Gasteiger partial charge in [0.1, 0.15) is 13.2 Å². The Morgan fingerprint density at radius 1 is 1.04 bits per heavy atom. The first-order chi connectivity index (χ1) is 12.4. The Kier molecular flexibility index (Phi) is 4.85. The van der Waals surface area contributed by atoms with Crippen molar-refractivity contribution in [3.63, 3.8) is 0 Å². The Balaban J connectivity index is 1.40. The minimum absolute atomic E-state index is 0.229. The normalized spacial score (nSPS) is 23.9. The van der Waals surface area contributed by atoms with E-state index in [1.807, 2.05) is 6.07 Å². The van der Waals surface area contributed by atoms with Crippen molar-refractivity contribution in [2.75, 3.05) is 52.3 Å². The smallest absolute Gasteiger partial charge is 0.211 e. The van der Waals surface area contributed by atoms with Crippen LogP contribution in [0.5, 0.6) is 11.5 Å². The van der Waals surface area contributed by atoms with Crippen LogP contribution in [0, 0.1) is 0 Å². The zero-order valence-electron chi connectivity index (χ0n) is 15.1. The summed E-state index contributed by atoms with van der Waals surface area (Å²) in [6.45, 7) is 5.50. The molecular formula is C18H26N2O5S. The number of fused-ring (bicyclic) bond motifs is 1. The molecule has 7 nitrogen and oxygen atoms in total. The molecule has 0 N–H and O–H groups in total. The second kappa shape index (κ2) is 6.99. The maximum atomic E-state index is 11.7. The highest BCUT2D eigenvalue weighted by atomic mass is 32.2. The lowest BCUT2D eigenvalue weighted by Crippen LogP contribution is -2.57. The highest BCUT2D eigenvalue weighted by molar-refractivity contribution is 7.88. The van der Waals surface area contributed by atoms with Crippen LogP contribution in [0.2, 0.25) is 0 Å². The number of nitrogens with zero attached hydrogens (tertiary/aromatic N) is 2. The maximum Gasteiger partial charge on any atom is 0.211 e. The molecule has 1 spiro atoms. The van der Waals surface area contributed by atoms with Crippen molar-refractivity contribution in [2.24, 2.45) is 0 Å². The lowest BCUT2D eigenvalue weighted by atomic mass is 9.90. The van der Waals surface area contributed by atoms with Crippen LogP contribution >= 0.6 is 0 Å². The summed E-state index contributed by atoms with van der Waals surface area (Å²) in [6.07, 6.45) is 2.77. The second-order valence-electron chi connectivity index (χ2n) is 7.38. The Bertz CT molecular complexity index is 759. The highest BCUT2D eigenvalue weighted by Gasteiger charge is 2.41. The number of piperidine rings is 1. The van der Waals surface area contributed by atoms with E-state index in [9.17, 15) is 8.42 Å². The first kappa shape index (κ1) is 18.0. The molecule has 2 fully saturated rings. The van der Waals surface area contributed by atoms with E-state index in [0.29, 0.717) is 32.9 Å². The molecule has 0 radical (unpaired) electrons. The van der Waals surface area contributed by atoms with Gasteiger partial charge >= 0.3 is 0 Å². The Morgan fingerprint density at radius 2 is 1.77 bits per heavy atom. The summed E-state index contributed by atoms with van der Waals surface area (Å²) in [4.78, 5) is 2.39. The largest absolute Gasteiger partial charge is 0.486 e. The SMILES string of the molecule is CS(=O)(=O)N1CCC2(CC1)CN(Cc1ccc3c(c1)OCCO3)CCO2. The number of morpholine rings is 1. The molecule has 0 saturated carbocycles. The summed E-state index contributed by atoms with van der Waals surface area (Å²) in [5, 5.41) is 0. The summed E-state index contributed by atoms with van der Waals surface area (Å²) in [5.41, 5.74) is 0.965. The standard InChI is InChI=1S/C18H26N2O5S/c1-26(21,22)20-6-4-18(5-7-20)14-19(8-9-25-18)13-15-2-3-16-17(12-15)24-11-10-23-16/h2-3,12H,4-11,13-14H2,1H3. The maximum absolute atomic E-state index is 11.7. The third-order valence-electron chi connectivity index (χ3n) is 5.44. The van der Waals surface area contributed by atoms with Gasteiger partial charge in [-0.25, -0.2) is 12.7 Å². The molecule has 3 aliphatic heterocycles. The van der Waals surface area contributed by atoms with Gasteiger partial charge in [-0.2, -0.15) is 0 Å².